The molecule has 20 heavy (non-hydrogen) atoms. The third-order valence-electron chi connectivity index (χ3n) is 3.74. The van der Waals surface area contributed by atoms with Gasteiger partial charge in [-0.1, -0.05) is 29.8 Å². The van der Waals surface area contributed by atoms with Crippen molar-refractivity contribution in [2.75, 3.05) is 23.3 Å². The van der Waals surface area contributed by atoms with Gasteiger partial charge >= 0.3 is 0 Å². The number of para-hydroxylation sites is 1. The lowest BCUT2D eigenvalue weighted by molar-refractivity contribution is 0.526. The molecule has 2 aromatic rings. The predicted molar refractivity (Wildman–Crippen MR) is 84.5 cm³/mol. The van der Waals surface area contributed by atoms with Gasteiger partial charge < -0.3 is 10.2 Å². The average molecular weight is 288 g/mol. The van der Waals surface area contributed by atoms with E-state index < -0.39 is 0 Å². The van der Waals surface area contributed by atoms with Crippen molar-refractivity contribution in [1.82, 2.24) is 4.98 Å². The highest BCUT2D eigenvalue weighted by Gasteiger charge is 2.19. The molecule has 4 heteroatoms. The summed E-state index contributed by atoms with van der Waals surface area (Å²) in [4.78, 5) is 6.53. The van der Waals surface area contributed by atoms with E-state index in [0.29, 0.717) is 11.2 Å². The fourth-order valence-corrected chi connectivity index (χ4v) is 2.81. The quantitative estimate of drug-likeness (QED) is 0.870. The van der Waals surface area contributed by atoms with Gasteiger partial charge in [0.25, 0.3) is 0 Å². The van der Waals surface area contributed by atoms with Gasteiger partial charge in [-0.3, -0.25) is 0 Å². The van der Waals surface area contributed by atoms with Gasteiger partial charge in [0.15, 0.2) is 5.15 Å². The number of halogens is 1. The van der Waals surface area contributed by atoms with E-state index in [9.17, 15) is 0 Å². The molecule has 1 aliphatic rings. The maximum absolute atomic E-state index is 6.08. The lowest BCUT2D eigenvalue weighted by Crippen LogP contribution is -2.39. The van der Waals surface area contributed by atoms with Crippen molar-refractivity contribution in [2.24, 2.45) is 0 Å². The molecule has 0 amide bonds. The zero-order valence-corrected chi connectivity index (χ0v) is 12.1. The summed E-state index contributed by atoms with van der Waals surface area (Å²) in [5.41, 5.74) is 2.25. The number of pyridine rings is 1. The number of benzene rings is 1. The molecule has 0 spiro atoms. The van der Waals surface area contributed by atoms with Crippen LogP contribution in [0, 0.1) is 0 Å². The highest BCUT2D eigenvalue weighted by Crippen LogP contribution is 2.24. The molecule has 3 rings (SSSR count). The summed E-state index contributed by atoms with van der Waals surface area (Å²) in [6.07, 6.45) is 3.94. The maximum Gasteiger partial charge on any atom is 0.152 e. The molecule has 2 heterocycles. The Hall–Kier alpha value is -1.74. The largest absolute Gasteiger partial charge is 0.380 e. The minimum absolute atomic E-state index is 0.469. The first-order valence-electron chi connectivity index (χ1n) is 7.00. The van der Waals surface area contributed by atoms with Crippen LogP contribution in [0.3, 0.4) is 0 Å². The van der Waals surface area contributed by atoms with E-state index >= 15 is 0 Å². The number of nitrogens with zero attached hydrogens (tertiary/aromatic N) is 2. The van der Waals surface area contributed by atoms with Crippen molar-refractivity contribution < 1.29 is 0 Å². The Kier molecular flexibility index (Phi) is 4.07. The number of anilines is 2. The van der Waals surface area contributed by atoms with Gasteiger partial charge in [0, 0.05) is 31.0 Å². The zero-order valence-electron chi connectivity index (χ0n) is 11.3. The van der Waals surface area contributed by atoms with Crippen molar-refractivity contribution in [3.63, 3.8) is 0 Å². The Morgan fingerprint density at radius 2 is 1.80 bits per heavy atom. The Balaban J connectivity index is 1.58. The first-order chi connectivity index (χ1) is 9.83. The third-order valence-corrected chi connectivity index (χ3v) is 4.04. The van der Waals surface area contributed by atoms with Crippen LogP contribution in [0.15, 0.2) is 48.7 Å². The standard InChI is InChI=1S/C16H18ClN3/c17-16-15(7-4-10-18-16)19-13-8-11-20(12-9-13)14-5-2-1-3-6-14/h1-7,10,13,19H,8-9,11-12H2. The van der Waals surface area contributed by atoms with Crippen molar-refractivity contribution in [1.29, 1.82) is 0 Å². The fourth-order valence-electron chi connectivity index (χ4n) is 2.63. The van der Waals surface area contributed by atoms with Crippen molar-refractivity contribution in [3.05, 3.63) is 53.8 Å². The first-order valence-corrected chi connectivity index (χ1v) is 7.38. The van der Waals surface area contributed by atoms with E-state index in [2.05, 4.69) is 45.5 Å². The minimum atomic E-state index is 0.469. The minimum Gasteiger partial charge on any atom is -0.380 e. The predicted octanol–water partition coefficient (Wildman–Crippen LogP) is 3.82. The van der Waals surface area contributed by atoms with E-state index in [-0.39, 0.29) is 0 Å². The first kappa shape index (κ1) is 13.3. The molecule has 1 aromatic heterocycles. The highest BCUT2D eigenvalue weighted by atomic mass is 35.5. The Labute approximate surface area is 124 Å². The van der Waals surface area contributed by atoms with Crippen molar-refractivity contribution in [3.8, 4) is 0 Å². The van der Waals surface area contributed by atoms with Gasteiger partial charge in [-0.2, -0.15) is 0 Å². The summed E-state index contributed by atoms with van der Waals surface area (Å²) in [5.74, 6) is 0. The number of aromatic nitrogens is 1. The number of rotatable bonds is 3. The molecule has 1 aliphatic heterocycles. The van der Waals surface area contributed by atoms with E-state index in [4.69, 9.17) is 11.6 Å². The number of hydrogen-bond acceptors (Lipinski definition) is 3. The lowest BCUT2D eigenvalue weighted by Gasteiger charge is -2.34. The topological polar surface area (TPSA) is 28.2 Å². The van der Waals surface area contributed by atoms with E-state index in [1.165, 1.54) is 5.69 Å². The summed E-state index contributed by atoms with van der Waals surface area (Å²) in [5, 5.41) is 4.05. The van der Waals surface area contributed by atoms with Crippen LogP contribution < -0.4 is 10.2 Å². The van der Waals surface area contributed by atoms with Gasteiger partial charge in [-0.15, -0.1) is 0 Å². The van der Waals surface area contributed by atoms with Gasteiger partial charge in [0.1, 0.15) is 0 Å². The van der Waals surface area contributed by atoms with Gasteiger partial charge in [0.2, 0.25) is 0 Å². The van der Waals surface area contributed by atoms with Crippen LogP contribution in [-0.4, -0.2) is 24.1 Å². The van der Waals surface area contributed by atoms with Gasteiger partial charge in [-0.05, 0) is 37.1 Å². The molecule has 0 unspecified atom stereocenters. The molecule has 3 nitrogen and oxygen atoms in total. The van der Waals surface area contributed by atoms with Crippen LogP contribution in [0.4, 0.5) is 11.4 Å². The fraction of sp³-hybridized carbons (Fsp3) is 0.312. The second-order valence-corrected chi connectivity index (χ2v) is 5.44. The molecule has 104 valence electrons. The summed E-state index contributed by atoms with van der Waals surface area (Å²) in [6.45, 7) is 2.14. The Morgan fingerprint density at radius 3 is 2.50 bits per heavy atom. The van der Waals surface area contributed by atoms with Crippen LogP contribution in [0.5, 0.6) is 0 Å². The zero-order chi connectivity index (χ0) is 13.8. The van der Waals surface area contributed by atoms with Crippen molar-refractivity contribution in [2.45, 2.75) is 18.9 Å². The molecule has 1 saturated heterocycles. The number of nitrogens with one attached hydrogen (secondary N) is 1. The van der Waals surface area contributed by atoms with Crippen LogP contribution >= 0.6 is 11.6 Å². The third kappa shape index (κ3) is 3.05. The monoisotopic (exact) mass is 287 g/mol. The van der Waals surface area contributed by atoms with Crippen molar-refractivity contribution >= 4 is 23.0 Å². The molecule has 0 saturated carbocycles. The normalized spacial score (nSPS) is 16.1. The summed E-state index contributed by atoms with van der Waals surface area (Å²) < 4.78 is 0. The lowest BCUT2D eigenvalue weighted by atomic mass is 10.0. The smallest absolute Gasteiger partial charge is 0.152 e. The van der Waals surface area contributed by atoms with Crippen LogP contribution in [0.1, 0.15) is 12.8 Å². The van der Waals surface area contributed by atoms with E-state index in [1.54, 1.807) is 6.20 Å². The molecule has 0 radical (unpaired) electrons. The summed E-state index contributed by atoms with van der Waals surface area (Å²) in [7, 11) is 0. The molecule has 1 fully saturated rings. The Bertz CT molecular complexity index is 551. The average Bonchev–Trinajstić information content (AvgIpc) is 2.51. The van der Waals surface area contributed by atoms with Crippen LogP contribution in [0.25, 0.3) is 0 Å². The molecule has 0 bridgehead atoms. The molecule has 0 atom stereocenters. The number of piperidine rings is 1. The molecule has 1 aromatic carbocycles. The highest BCUT2D eigenvalue weighted by molar-refractivity contribution is 6.31. The molecular formula is C16H18ClN3. The van der Waals surface area contributed by atoms with Crippen LogP contribution in [0.2, 0.25) is 5.15 Å². The molecule has 0 aliphatic carbocycles. The van der Waals surface area contributed by atoms with E-state index in [0.717, 1.165) is 31.6 Å². The van der Waals surface area contributed by atoms with Crippen LogP contribution in [-0.2, 0) is 0 Å². The summed E-state index contributed by atoms with van der Waals surface area (Å²) in [6, 6.07) is 15.0. The second kappa shape index (κ2) is 6.14. The van der Waals surface area contributed by atoms with Gasteiger partial charge in [-0.25, -0.2) is 4.98 Å². The summed E-state index contributed by atoms with van der Waals surface area (Å²) >= 11 is 6.08. The maximum atomic E-state index is 6.08. The number of hydrogen-bond donors (Lipinski definition) is 1. The second-order valence-electron chi connectivity index (χ2n) is 5.08. The molecule has 1 N–H and O–H groups in total. The molecular weight excluding hydrogens is 270 g/mol. The van der Waals surface area contributed by atoms with E-state index in [1.807, 2.05) is 12.1 Å². The van der Waals surface area contributed by atoms with Gasteiger partial charge in [0.05, 0.1) is 5.69 Å². The Morgan fingerprint density at radius 1 is 1.05 bits per heavy atom. The SMILES string of the molecule is Clc1ncccc1NC1CCN(c2ccccc2)CC1.